The first kappa shape index (κ1) is 17.6. The van der Waals surface area contributed by atoms with Gasteiger partial charge in [-0.3, -0.25) is 4.79 Å². The van der Waals surface area contributed by atoms with E-state index in [4.69, 9.17) is 0 Å². The molecule has 0 saturated carbocycles. The Morgan fingerprint density at radius 1 is 1.00 bits per heavy atom. The summed E-state index contributed by atoms with van der Waals surface area (Å²) in [5.74, 6) is 0.0269. The van der Waals surface area contributed by atoms with Gasteiger partial charge in [0, 0.05) is 10.6 Å². The monoisotopic (exact) mass is 327 g/mol. The SMILES string of the molecule is Cc1ccc(SC(C)C(=O)Nc2ccc(C(C)(C)C)cc2)cc1. The van der Waals surface area contributed by atoms with E-state index in [0.29, 0.717) is 0 Å². The molecule has 0 aromatic heterocycles. The van der Waals surface area contributed by atoms with Gasteiger partial charge in [-0.2, -0.15) is 0 Å². The van der Waals surface area contributed by atoms with Gasteiger partial charge in [0.25, 0.3) is 0 Å². The summed E-state index contributed by atoms with van der Waals surface area (Å²) in [7, 11) is 0. The molecular weight excluding hydrogens is 302 g/mol. The van der Waals surface area contributed by atoms with E-state index in [0.717, 1.165) is 10.6 Å². The van der Waals surface area contributed by atoms with Crippen LogP contribution in [-0.2, 0) is 10.2 Å². The van der Waals surface area contributed by atoms with Crippen LogP contribution in [0, 0.1) is 6.92 Å². The Labute approximate surface area is 143 Å². The number of benzene rings is 2. The Kier molecular flexibility index (Phi) is 5.53. The fraction of sp³-hybridized carbons (Fsp3) is 0.350. The van der Waals surface area contributed by atoms with Crippen LogP contribution >= 0.6 is 11.8 Å². The molecule has 1 N–H and O–H groups in total. The van der Waals surface area contributed by atoms with Gasteiger partial charge in [0.1, 0.15) is 0 Å². The topological polar surface area (TPSA) is 29.1 Å². The van der Waals surface area contributed by atoms with Gasteiger partial charge in [-0.25, -0.2) is 0 Å². The molecule has 2 rings (SSSR count). The van der Waals surface area contributed by atoms with Crippen molar-refractivity contribution in [1.82, 2.24) is 0 Å². The molecule has 0 spiro atoms. The zero-order valence-corrected chi connectivity index (χ0v) is 15.3. The molecule has 1 atom stereocenters. The molecule has 0 saturated heterocycles. The largest absolute Gasteiger partial charge is 0.325 e. The molecule has 2 aromatic carbocycles. The van der Waals surface area contributed by atoms with Crippen molar-refractivity contribution in [2.24, 2.45) is 0 Å². The summed E-state index contributed by atoms with van der Waals surface area (Å²) < 4.78 is 0. The van der Waals surface area contributed by atoms with Gasteiger partial charge in [0.2, 0.25) is 5.91 Å². The Morgan fingerprint density at radius 3 is 2.09 bits per heavy atom. The molecule has 0 radical (unpaired) electrons. The summed E-state index contributed by atoms with van der Waals surface area (Å²) >= 11 is 1.57. The number of carbonyl (C=O) groups is 1. The van der Waals surface area contributed by atoms with Crippen molar-refractivity contribution < 1.29 is 4.79 Å². The van der Waals surface area contributed by atoms with Gasteiger partial charge in [-0.1, -0.05) is 50.6 Å². The van der Waals surface area contributed by atoms with E-state index in [1.54, 1.807) is 11.8 Å². The Balaban J connectivity index is 1.96. The fourth-order valence-electron chi connectivity index (χ4n) is 2.17. The molecule has 1 unspecified atom stereocenters. The number of hydrogen-bond donors (Lipinski definition) is 1. The van der Waals surface area contributed by atoms with Gasteiger partial charge >= 0.3 is 0 Å². The number of anilines is 1. The Morgan fingerprint density at radius 2 is 1.57 bits per heavy atom. The predicted molar refractivity (Wildman–Crippen MR) is 100 cm³/mol. The minimum Gasteiger partial charge on any atom is -0.325 e. The summed E-state index contributed by atoms with van der Waals surface area (Å²) in [6.07, 6.45) is 0. The zero-order valence-electron chi connectivity index (χ0n) is 14.5. The van der Waals surface area contributed by atoms with Crippen LogP contribution in [-0.4, -0.2) is 11.2 Å². The first-order valence-corrected chi connectivity index (χ1v) is 8.78. The van der Waals surface area contributed by atoms with Gasteiger partial charge in [-0.05, 0) is 49.1 Å². The standard InChI is InChI=1S/C20H25NOS/c1-14-6-12-18(13-7-14)23-15(2)19(22)21-17-10-8-16(9-11-17)20(3,4)5/h6-13,15H,1-5H3,(H,21,22). The van der Waals surface area contributed by atoms with Crippen LogP contribution < -0.4 is 5.32 Å². The quantitative estimate of drug-likeness (QED) is 0.761. The maximum absolute atomic E-state index is 12.3. The molecule has 0 bridgehead atoms. The van der Waals surface area contributed by atoms with E-state index in [2.05, 4.69) is 69.4 Å². The second-order valence-corrected chi connectivity index (χ2v) is 8.30. The highest BCUT2D eigenvalue weighted by Gasteiger charge is 2.16. The molecule has 0 aliphatic heterocycles. The lowest BCUT2D eigenvalue weighted by Gasteiger charge is -2.19. The van der Waals surface area contributed by atoms with Crippen LogP contribution in [0.1, 0.15) is 38.8 Å². The third kappa shape index (κ3) is 5.14. The number of hydrogen-bond acceptors (Lipinski definition) is 2. The van der Waals surface area contributed by atoms with E-state index in [1.165, 1.54) is 11.1 Å². The van der Waals surface area contributed by atoms with Gasteiger partial charge in [0.15, 0.2) is 0 Å². The average molecular weight is 327 g/mol. The second-order valence-electron chi connectivity index (χ2n) is 6.89. The molecule has 0 heterocycles. The second kappa shape index (κ2) is 7.22. The van der Waals surface area contributed by atoms with Crippen LogP contribution in [0.3, 0.4) is 0 Å². The lowest BCUT2D eigenvalue weighted by Crippen LogP contribution is -2.22. The molecule has 122 valence electrons. The third-order valence-electron chi connectivity index (χ3n) is 3.72. The molecule has 0 fully saturated rings. The highest BCUT2D eigenvalue weighted by molar-refractivity contribution is 8.00. The van der Waals surface area contributed by atoms with Gasteiger partial charge in [0.05, 0.1) is 5.25 Å². The molecule has 2 aromatic rings. The first-order valence-electron chi connectivity index (χ1n) is 7.90. The average Bonchev–Trinajstić information content (AvgIpc) is 2.49. The Bertz CT molecular complexity index is 654. The summed E-state index contributed by atoms with van der Waals surface area (Å²) in [6.45, 7) is 10.5. The van der Waals surface area contributed by atoms with Crippen LogP contribution in [0.15, 0.2) is 53.4 Å². The smallest absolute Gasteiger partial charge is 0.237 e. The van der Waals surface area contributed by atoms with Crippen LogP contribution in [0.5, 0.6) is 0 Å². The van der Waals surface area contributed by atoms with Crippen molar-refractivity contribution in [1.29, 1.82) is 0 Å². The van der Waals surface area contributed by atoms with E-state index in [9.17, 15) is 4.79 Å². The van der Waals surface area contributed by atoms with Crippen molar-refractivity contribution in [2.75, 3.05) is 5.32 Å². The van der Waals surface area contributed by atoms with E-state index < -0.39 is 0 Å². The maximum Gasteiger partial charge on any atom is 0.237 e. The third-order valence-corrected chi connectivity index (χ3v) is 4.83. The lowest BCUT2D eigenvalue weighted by atomic mass is 9.87. The normalized spacial score (nSPS) is 12.7. The van der Waals surface area contributed by atoms with E-state index in [-0.39, 0.29) is 16.6 Å². The fourth-order valence-corrected chi connectivity index (χ4v) is 3.04. The van der Waals surface area contributed by atoms with Gasteiger partial charge in [-0.15, -0.1) is 11.8 Å². The number of amides is 1. The van der Waals surface area contributed by atoms with Crippen LogP contribution in [0.4, 0.5) is 5.69 Å². The molecule has 2 nitrogen and oxygen atoms in total. The molecule has 1 amide bonds. The summed E-state index contributed by atoms with van der Waals surface area (Å²) in [5.41, 5.74) is 3.46. The van der Waals surface area contributed by atoms with E-state index in [1.807, 2.05) is 19.1 Å². The number of rotatable bonds is 4. The Hall–Kier alpha value is -1.74. The van der Waals surface area contributed by atoms with Crippen molar-refractivity contribution >= 4 is 23.4 Å². The first-order chi connectivity index (χ1) is 10.8. The molecule has 0 aliphatic carbocycles. The molecule has 23 heavy (non-hydrogen) atoms. The summed E-state index contributed by atoms with van der Waals surface area (Å²) in [4.78, 5) is 13.4. The van der Waals surface area contributed by atoms with Crippen molar-refractivity contribution in [3.05, 3.63) is 59.7 Å². The predicted octanol–water partition coefficient (Wildman–Crippen LogP) is 5.41. The number of thioether (sulfide) groups is 1. The van der Waals surface area contributed by atoms with Gasteiger partial charge < -0.3 is 5.32 Å². The lowest BCUT2D eigenvalue weighted by molar-refractivity contribution is -0.115. The summed E-state index contributed by atoms with van der Waals surface area (Å²) in [6, 6.07) is 16.4. The zero-order chi connectivity index (χ0) is 17.0. The molecule has 3 heteroatoms. The van der Waals surface area contributed by atoms with Crippen molar-refractivity contribution in [2.45, 2.75) is 50.2 Å². The number of nitrogens with one attached hydrogen (secondary N) is 1. The maximum atomic E-state index is 12.3. The highest BCUT2D eigenvalue weighted by Crippen LogP contribution is 2.26. The summed E-state index contributed by atoms with van der Waals surface area (Å²) in [5, 5.41) is 2.85. The van der Waals surface area contributed by atoms with Crippen molar-refractivity contribution in [3.63, 3.8) is 0 Å². The number of carbonyl (C=O) groups excluding carboxylic acids is 1. The minimum atomic E-state index is -0.139. The van der Waals surface area contributed by atoms with Crippen molar-refractivity contribution in [3.8, 4) is 0 Å². The molecule has 0 aliphatic rings. The minimum absolute atomic E-state index is 0.0269. The molecular formula is C20H25NOS. The van der Waals surface area contributed by atoms with Crippen LogP contribution in [0.2, 0.25) is 0 Å². The van der Waals surface area contributed by atoms with E-state index >= 15 is 0 Å². The highest BCUT2D eigenvalue weighted by atomic mass is 32.2. The van der Waals surface area contributed by atoms with Crippen LogP contribution in [0.25, 0.3) is 0 Å². The number of aryl methyl sites for hydroxylation is 1.